The zero-order valence-corrected chi connectivity index (χ0v) is 13.9. The van der Waals surface area contributed by atoms with Crippen LogP contribution in [0.25, 0.3) is 0 Å². The molecular weight excluding hydrogens is 264 g/mol. The molecule has 1 atom stereocenters. The molecule has 0 aliphatic carbocycles. The molecule has 0 aromatic carbocycles. The second-order valence-corrected chi connectivity index (χ2v) is 6.46. The number of nitrogens with one attached hydrogen (secondary N) is 1. The Hall–Kier alpha value is -1.36. The van der Waals surface area contributed by atoms with E-state index in [1.807, 2.05) is 25.6 Å². The fraction of sp³-hybridized carbons (Fsp3) is 0.750. The molecule has 0 radical (unpaired) electrons. The summed E-state index contributed by atoms with van der Waals surface area (Å²) < 4.78 is 1.90. The van der Waals surface area contributed by atoms with Gasteiger partial charge in [0.1, 0.15) is 0 Å². The van der Waals surface area contributed by atoms with E-state index in [1.165, 1.54) is 5.56 Å². The number of hydrogen-bond donors (Lipinski definition) is 1. The van der Waals surface area contributed by atoms with E-state index in [0.29, 0.717) is 6.04 Å². The summed E-state index contributed by atoms with van der Waals surface area (Å²) in [5.74, 6) is 0.165. The van der Waals surface area contributed by atoms with Crippen LogP contribution in [0.15, 0.2) is 0 Å². The summed E-state index contributed by atoms with van der Waals surface area (Å²) in [6.45, 7) is 8.23. The van der Waals surface area contributed by atoms with E-state index >= 15 is 0 Å². The van der Waals surface area contributed by atoms with Crippen molar-refractivity contribution < 1.29 is 4.79 Å². The van der Waals surface area contributed by atoms with Crippen LogP contribution in [0.5, 0.6) is 0 Å². The molecule has 0 spiro atoms. The fourth-order valence-corrected chi connectivity index (χ4v) is 3.01. The first-order valence-electron chi connectivity index (χ1n) is 7.86. The van der Waals surface area contributed by atoms with Gasteiger partial charge in [-0.2, -0.15) is 5.10 Å². The first-order chi connectivity index (χ1) is 9.88. The predicted octanol–water partition coefficient (Wildman–Crippen LogP) is 1.43. The van der Waals surface area contributed by atoms with Gasteiger partial charge < -0.3 is 10.2 Å². The lowest BCUT2D eigenvalue weighted by Crippen LogP contribution is -2.45. The number of piperidine rings is 1. The third-order valence-corrected chi connectivity index (χ3v) is 4.68. The highest BCUT2D eigenvalue weighted by Gasteiger charge is 2.23. The highest BCUT2D eigenvalue weighted by molar-refractivity contribution is 5.79. The van der Waals surface area contributed by atoms with Gasteiger partial charge in [-0.3, -0.25) is 9.48 Å². The molecular formula is C16H28N4O. The van der Waals surface area contributed by atoms with Gasteiger partial charge in [0.25, 0.3) is 0 Å². The molecule has 1 aromatic heterocycles. The smallest absolute Gasteiger partial charge is 0.223 e. The van der Waals surface area contributed by atoms with Crippen LogP contribution in [-0.4, -0.2) is 46.8 Å². The van der Waals surface area contributed by atoms with E-state index in [1.54, 1.807) is 0 Å². The van der Waals surface area contributed by atoms with Gasteiger partial charge in [0.15, 0.2) is 0 Å². The zero-order chi connectivity index (χ0) is 15.6. The summed E-state index contributed by atoms with van der Waals surface area (Å²) in [7, 11) is 4.09. The molecule has 21 heavy (non-hydrogen) atoms. The Labute approximate surface area is 127 Å². The molecule has 1 amide bonds. The fourth-order valence-electron chi connectivity index (χ4n) is 3.01. The SMILES string of the molecule is Cc1nn(C)c(C)c1C[C@H](C)C(=O)NC1CCN(C)CC1. The van der Waals surface area contributed by atoms with Crippen LogP contribution in [0.4, 0.5) is 0 Å². The standard InChI is InChI=1S/C16H28N4O/c1-11(10-15-12(2)18-20(5)13(15)3)16(21)17-14-6-8-19(4)9-7-14/h11,14H,6-10H2,1-5H3,(H,17,21)/t11-/m0/s1. The molecule has 118 valence electrons. The van der Waals surface area contributed by atoms with Gasteiger partial charge in [-0.05, 0) is 58.8 Å². The van der Waals surface area contributed by atoms with Crippen molar-refractivity contribution in [3.8, 4) is 0 Å². The summed E-state index contributed by atoms with van der Waals surface area (Å²) in [6, 6.07) is 0.340. The maximum Gasteiger partial charge on any atom is 0.223 e. The van der Waals surface area contributed by atoms with Gasteiger partial charge in [-0.1, -0.05) is 6.92 Å². The number of nitrogens with zero attached hydrogens (tertiary/aromatic N) is 3. The summed E-state index contributed by atoms with van der Waals surface area (Å²) in [4.78, 5) is 14.7. The van der Waals surface area contributed by atoms with Crippen LogP contribution in [-0.2, 0) is 18.3 Å². The highest BCUT2D eigenvalue weighted by Crippen LogP contribution is 2.17. The molecule has 5 heteroatoms. The Kier molecular flexibility index (Phi) is 5.04. The molecule has 1 N–H and O–H groups in total. The predicted molar refractivity (Wildman–Crippen MR) is 84.2 cm³/mol. The molecule has 2 heterocycles. The van der Waals surface area contributed by atoms with Crippen LogP contribution < -0.4 is 5.32 Å². The Balaban J connectivity index is 1.90. The molecule has 1 aromatic rings. The van der Waals surface area contributed by atoms with Crippen molar-refractivity contribution in [2.45, 2.75) is 46.1 Å². The van der Waals surface area contributed by atoms with Crippen LogP contribution in [0, 0.1) is 19.8 Å². The number of rotatable bonds is 4. The Morgan fingerprint density at radius 1 is 1.33 bits per heavy atom. The van der Waals surface area contributed by atoms with E-state index in [9.17, 15) is 4.79 Å². The molecule has 5 nitrogen and oxygen atoms in total. The lowest BCUT2D eigenvalue weighted by molar-refractivity contribution is -0.125. The van der Waals surface area contributed by atoms with Crippen molar-refractivity contribution in [1.29, 1.82) is 0 Å². The van der Waals surface area contributed by atoms with Gasteiger partial charge in [0.2, 0.25) is 5.91 Å². The monoisotopic (exact) mass is 292 g/mol. The van der Waals surface area contributed by atoms with Crippen LogP contribution in [0.1, 0.15) is 36.7 Å². The van der Waals surface area contributed by atoms with Gasteiger partial charge in [0, 0.05) is 24.7 Å². The summed E-state index contributed by atoms with van der Waals surface area (Å²) in [5.41, 5.74) is 3.41. The third kappa shape index (κ3) is 3.84. The van der Waals surface area contributed by atoms with Crippen LogP contribution in [0.2, 0.25) is 0 Å². The average Bonchev–Trinajstić information content (AvgIpc) is 2.68. The lowest BCUT2D eigenvalue weighted by Gasteiger charge is -2.30. The Morgan fingerprint density at radius 3 is 2.48 bits per heavy atom. The number of aromatic nitrogens is 2. The van der Waals surface area contributed by atoms with Crippen molar-refractivity contribution in [3.05, 3.63) is 17.0 Å². The maximum atomic E-state index is 12.4. The quantitative estimate of drug-likeness (QED) is 0.913. The Bertz CT molecular complexity index is 501. The second kappa shape index (κ2) is 6.60. The van der Waals surface area contributed by atoms with Crippen LogP contribution in [0.3, 0.4) is 0 Å². The minimum Gasteiger partial charge on any atom is -0.353 e. The molecule has 1 aliphatic rings. The minimum atomic E-state index is -0.00810. The maximum absolute atomic E-state index is 12.4. The largest absolute Gasteiger partial charge is 0.353 e. The molecule has 1 aliphatic heterocycles. The van der Waals surface area contributed by atoms with E-state index in [-0.39, 0.29) is 11.8 Å². The van der Waals surface area contributed by atoms with Crippen molar-refractivity contribution in [2.75, 3.05) is 20.1 Å². The lowest BCUT2D eigenvalue weighted by atomic mass is 9.97. The molecule has 1 fully saturated rings. The highest BCUT2D eigenvalue weighted by atomic mass is 16.1. The summed E-state index contributed by atoms with van der Waals surface area (Å²) in [5, 5.41) is 7.64. The zero-order valence-electron chi connectivity index (χ0n) is 13.9. The van der Waals surface area contributed by atoms with E-state index in [4.69, 9.17) is 0 Å². The summed E-state index contributed by atoms with van der Waals surface area (Å²) in [6.07, 6.45) is 2.88. The minimum absolute atomic E-state index is 0.00810. The van der Waals surface area contributed by atoms with Crippen molar-refractivity contribution in [3.63, 3.8) is 0 Å². The normalized spacial score (nSPS) is 18.7. The van der Waals surface area contributed by atoms with Gasteiger partial charge in [0.05, 0.1) is 5.69 Å². The van der Waals surface area contributed by atoms with Crippen molar-refractivity contribution in [2.24, 2.45) is 13.0 Å². The van der Waals surface area contributed by atoms with Crippen molar-refractivity contribution in [1.82, 2.24) is 20.0 Å². The number of likely N-dealkylation sites (tertiary alicyclic amines) is 1. The van der Waals surface area contributed by atoms with Gasteiger partial charge in [-0.15, -0.1) is 0 Å². The summed E-state index contributed by atoms with van der Waals surface area (Å²) >= 11 is 0. The van der Waals surface area contributed by atoms with Crippen molar-refractivity contribution >= 4 is 5.91 Å². The average molecular weight is 292 g/mol. The van der Waals surface area contributed by atoms with Gasteiger partial charge >= 0.3 is 0 Å². The molecule has 1 saturated heterocycles. The third-order valence-electron chi connectivity index (χ3n) is 4.68. The Morgan fingerprint density at radius 2 is 1.95 bits per heavy atom. The van der Waals surface area contributed by atoms with Gasteiger partial charge in [-0.25, -0.2) is 0 Å². The second-order valence-electron chi connectivity index (χ2n) is 6.46. The van der Waals surface area contributed by atoms with E-state index < -0.39 is 0 Å². The number of aryl methyl sites for hydroxylation is 2. The molecule has 0 saturated carbocycles. The molecule has 0 bridgehead atoms. The van der Waals surface area contributed by atoms with Crippen LogP contribution >= 0.6 is 0 Å². The first kappa shape index (κ1) is 16.0. The molecule has 2 rings (SSSR count). The number of carbonyl (C=O) groups is 1. The van der Waals surface area contributed by atoms with E-state index in [0.717, 1.165) is 43.7 Å². The molecule has 0 unspecified atom stereocenters. The number of hydrogen-bond acceptors (Lipinski definition) is 3. The van der Waals surface area contributed by atoms with E-state index in [2.05, 4.69) is 29.3 Å². The first-order valence-corrected chi connectivity index (χ1v) is 7.86. The topological polar surface area (TPSA) is 50.2 Å². The number of carbonyl (C=O) groups excluding carboxylic acids is 1. The number of amides is 1.